The number of hydrogen-bond donors (Lipinski definition) is 1. The van der Waals surface area contributed by atoms with Crippen LogP contribution in [0.3, 0.4) is 0 Å². The van der Waals surface area contributed by atoms with Crippen LogP contribution >= 0.6 is 23.4 Å². The zero-order valence-corrected chi connectivity index (χ0v) is 17.5. The van der Waals surface area contributed by atoms with E-state index < -0.39 is 10.0 Å². The van der Waals surface area contributed by atoms with Gasteiger partial charge in [-0.25, -0.2) is 8.42 Å². The van der Waals surface area contributed by atoms with Crippen LogP contribution in [0.5, 0.6) is 0 Å². The van der Waals surface area contributed by atoms with Crippen molar-refractivity contribution in [1.29, 1.82) is 0 Å². The Morgan fingerprint density at radius 1 is 1.11 bits per heavy atom. The summed E-state index contributed by atoms with van der Waals surface area (Å²) < 4.78 is 25.1. The summed E-state index contributed by atoms with van der Waals surface area (Å²) in [4.78, 5) is 12.1. The first-order valence-corrected chi connectivity index (χ1v) is 11.8. The van der Waals surface area contributed by atoms with E-state index in [1.165, 1.54) is 4.31 Å². The van der Waals surface area contributed by atoms with Gasteiger partial charge in [0.2, 0.25) is 15.9 Å². The summed E-state index contributed by atoms with van der Waals surface area (Å²) in [5, 5.41) is 3.49. The number of carbonyl (C=O) groups excluding carboxylic acids is 1. The predicted molar refractivity (Wildman–Crippen MR) is 112 cm³/mol. The lowest BCUT2D eigenvalue weighted by molar-refractivity contribution is -0.121. The van der Waals surface area contributed by atoms with Crippen LogP contribution in [0.2, 0.25) is 5.02 Å². The highest BCUT2D eigenvalue weighted by atomic mass is 35.5. The average molecular weight is 427 g/mol. The molecular weight excluding hydrogens is 404 g/mol. The van der Waals surface area contributed by atoms with Crippen molar-refractivity contribution in [1.82, 2.24) is 9.62 Å². The zero-order chi connectivity index (χ0) is 19.7. The fourth-order valence-corrected chi connectivity index (χ4v) is 4.13. The molecule has 27 heavy (non-hydrogen) atoms. The summed E-state index contributed by atoms with van der Waals surface area (Å²) in [6.07, 6.45) is 1.12. The van der Waals surface area contributed by atoms with Crippen molar-refractivity contribution < 1.29 is 13.2 Å². The van der Waals surface area contributed by atoms with E-state index in [0.29, 0.717) is 11.6 Å². The number of nitrogens with one attached hydrogen (secondary N) is 1. The third-order valence-electron chi connectivity index (χ3n) is 3.72. The number of rotatable bonds is 10. The molecule has 1 amide bonds. The van der Waals surface area contributed by atoms with Crippen molar-refractivity contribution in [3.63, 3.8) is 0 Å². The molecule has 0 heterocycles. The molecule has 0 radical (unpaired) electrons. The van der Waals surface area contributed by atoms with E-state index in [0.717, 1.165) is 28.9 Å². The Kier molecular flexibility index (Phi) is 8.63. The molecule has 0 aliphatic carbocycles. The van der Waals surface area contributed by atoms with Crippen molar-refractivity contribution >= 4 is 39.3 Å². The van der Waals surface area contributed by atoms with Crippen LogP contribution in [0.1, 0.15) is 11.1 Å². The van der Waals surface area contributed by atoms with Gasteiger partial charge in [-0.15, -0.1) is 0 Å². The topological polar surface area (TPSA) is 66.5 Å². The SMILES string of the molecule is CS(=O)(=O)N(CC(=O)NCCSCc1cccc(Cl)c1)Cc1ccccc1. The van der Waals surface area contributed by atoms with Gasteiger partial charge >= 0.3 is 0 Å². The van der Waals surface area contributed by atoms with Crippen LogP contribution in [-0.2, 0) is 27.1 Å². The Balaban J connectivity index is 1.75. The maximum absolute atomic E-state index is 12.1. The molecule has 0 unspecified atom stereocenters. The van der Waals surface area contributed by atoms with E-state index in [9.17, 15) is 13.2 Å². The van der Waals surface area contributed by atoms with Crippen LogP contribution in [0.15, 0.2) is 54.6 Å². The lowest BCUT2D eigenvalue weighted by atomic mass is 10.2. The van der Waals surface area contributed by atoms with E-state index in [4.69, 9.17) is 11.6 Å². The minimum atomic E-state index is -3.48. The van der Waals surface area contributed by atoms with Gasteiger partial charge in [0.1, 0.15) is 0 Å². The Morgan fingerprint density at radius 2 is 1.81 bits per heavy atom. The van der Waals surface area contributed by atoms with Crippen LogP contribution < -0.4 is 5.32 Å². The standard InChI is InChI=1S/C19H23ClN2O3S2/c1-27(24,25)22(13-16-6-3-2-4-7-16)14-19(23)21-10-11-26-15-17-8-5-9-18(20)12-17/h2-9,12H,10-11,13-15H2,1H3,(H,21,23). The Labute approximate surface area is 170 Å². The van der Waals surface area contributed by atoms with Crippen molar-refractivity contribution in [3.8, 4) is 0 Å². The van der Waals surface area contributed by atoms with Crippen LogP contribution in [0.4, 0.5) is 0 Å². The number of nitrogens with zero attached hydrogens (tertiary/aromatic N) is 1. The fraction of sp³-hybridized carbons (Fsp3) is 0.316. The highest BCUT2D eigenvalue weighted by molar-refractivity contribution is 7.98. The van der Waals surface area contributed by atoms with Gasteiger partial charge in [0.05, 0.1) is 12.8 Å². The number of hydrogen-bond acceptors (Lipinski definition) is 4. The van der Waals surface area contributed by atoms with Gasteiger partial charge in [-0.1, -0.05) is 54.1 Å². The van der Waals surface area contributed by atoms with Gasteiger partial charge in [-0.05, 0) is 23.3 Å². The van der Waals surface area contributed by atoms with Gasteiger partial charge in [-0.3, -0.25) is 4.79 Å². The molecule has 0 saturated carbocycles. The minimum absolute atomic E-state index is 0.177. The molecule has 0 spiro atoms. The molecule has 1 N–H and O–H groups in total. The quantitative estimate of drug-likeness (QED) is 0.592. The average Bonchev–Trinajstić information content (AvgIpc) is 2.61. The summed E-state index contributed by atoms with van der Waals surface area (Å²) in [6, 6.07) is 16.9. The van der Waals surface area contributed by atoms with Gasteiger partial charge < -0.3 is 5.32 Å². The van der Waals surface area contributed by atoms with Crippen molar-refractivity contribution in [2.24, 2.45) is 0 Å². The second-order valence-electron chi connectivity index (χ2n) is 6.05. The number of amides is 1. The Hall–Kier alpha value is -1.54. The molecular formula is C19H23ClN2O3S2. The summed E-state index contributed by atoms with van der Waals surface area (Å²) in [6.45, 7) is 0.469. The molecule has 2 rings (SSSR count). The highest BCUT2D eigenvalue weighted by Crippen LogP contribution is 2.16. The maximum atomic E-state index is 12.1. The van der Waals surface area contributed by atoms with Crippen LogP contribution in [0, 0.1) is 0 Å². The lowest BCUT2D eigenvalue weighted by Gasteiger charge is -2.19. The second kappa shape index (κ2) is 10.7. The van der Waals surface area contributed by atoms with Crippen molar-refractivity contribution in [3.05, 3.63) is 70.7 Å². The number of carbonyl (C=O) groups is 1. The maximum Gasteiger partial charge on any atom is 0.235 e. The molecule has 0 atom stereocenters. The molecule has 0 aliphatic heterocycles. The van der Waals surface area contributed by atoms with Crippen molar-refractivity contribution in [2.75, 3.05) is 25.1 Å². The largest absolute Gasteiger partial charge is 0.354 e. The fourth-order valence-electron chi connectivity index (χ4n) is 2.37. The third kappa shape index (κ3) is 8.34. The molecule has 146 valence electrons. The van der Waals surface area contributed by atoms with Gasteiger partial charge in [0.25, 0.3) is 0 Å². The molecule has 0 aromatic heterocycles. The summed E-state index contributed by atoms with van der Waals surface area (Å²) >= 11 is 7.63. The van der Waals surface area contributed by atoms with Crippen LogP contribution in [-0.4, -0.2) is 43.7 Å². The van der Waals surface area contributed by atoms with Crippen molar-refractivity contribution in [2.45, 2.75) is 12.3 Å². The van der Waals surface area contributed by atoms with E-state index in [2.05, 4.69) is 5.32 Å². The summed E-state index contributed by atoms with van der Waals surface area (Å²) in [7, 11) is -3.48. The Morgan fingerprint density at radius 3 is 2.48 bits per heavy atom. The Bertz CT molecular complexity index is 845. The van der Waals surface area contributed by atoms with E-state index in [1.54, 1.807) is 11.8 Å². The predicted octanol–water partition coefficient (Wildman–Crippen LogP) is 3.15. The smallest absolute Gasteiger partial charge is 0.235 e. The lowest BCUT2D eigenvalue weighted by Crippen LogP contribution is -2.40. The normalized spacial score (nSPS) is 11.5. The first-order valence-electron chi connectivity index (χ1n) is 8.42. The molecule has 8 heteroatoms. The molecule has 2 aromatic rings. The third-order valence-corrected chi connectivity index (χ3v) is 6.18. The minimum Gasteiger partial charge on any atom is -0.354 e. The zero-order valence-electron chi connectivity index (χ0n) is 15.1. The monoisotopic (exact) mass is 426 g/mol. The number of benzene rings is 2. The summed E-state index contributed by atoms with van der Waals surface area (Å²) in [5.41, 5.74) is 1.97. The van der Waals surface area contributed by atoms with E-state index in [-0.39, 0.29) is 19.0 Å². The molecule has 0 aliphatic rings. The van der Waals surface area contributed by atoms with E-state index >= 15 is 0 Å². The number of halogens is 1. The molecule has 0 saturated heterocycles. The van der Waals surface area contributed by atoms with Gasteiger partial charge in [0.15, 0.2) is 0 Å². The molecule has 0 bridgehead atoms. The second-order valence-corrected chi connectivity index (χ2v) is 9.57. The summed E-state index contributed by atoms with van der Waals surface area (Å²) in [5.74, 6) is 1.23. The number of thioether (sulfide) groups is 1. The van der Waals surface area contributed by atoms with Gasteiger partial charge in [-0.2, -0.15) is 16.1 Å². The molecule has 5 nitrogen and oxygen atoms in total. The van der Waals surface area contributed by atoms with Crippen LogP contribution in [0.25, 0.3) is 0 Å². The molecule has 2 aromatic carbocycles. The van der Waals surface area contributed by atoms with Gasteiger partial charge in [0, 0.05) is 29.6 Å². The first kappa shape index (κ1) is 21.8. The molecule has 0 fully saturated rings. The first-order chi connectivity index (χ1) is 12.8. The van der Waals surface area contributed by atoms with E-state index in [1.807, 2.05) is 54.6 Å². The highest BCUT2D eigenvalue weighted by Gasteiger charge is 2.20. The number of sulfonamides is 1.